The first-order valence-electron chi connectivity index (χ1n) is 6.34. The maximum atomic E-state index is 13.5. The molecule has 0 aliphatic carbocycles. The van der Waals surface area contributed by atoms with Crippen molar-refractivity contribution in [3.63, 3.8) is 0 Å². The van der Waals surface area contributed by atoms with Crippen LogP contribution in [0.4, 0.5) is 14.5 Å². The molecule has 0 aliphatic rings. The Morgan fingerprint density at radius 3 is 2.62 bits per heavy atom. The highest BCUT2D eigenvalue weighted by Crippen LogP contribution is 2.19. The molecule has 21 heavy (non-hydrogen) atoms. The van der Waals surface area contributed by atoms with Crippen LogP contribution in [0.25, 0.3) is 0 Å². The van der Waals surface area contributed by atoms with Crippen molar-refractivity contribution in [1.82, 2.24) is 15.3 Å². The van der Waals surface area contributed by atoms with Crippen LogP contribution in [-0.2, 0) is 6.42 Å². The van der Waals surface area contributed by atoms with E-state index in [1.165, 1.54) is 0 Å². The number of H-pyrrole nitrogens is 1. The largest absolute Gasteiger partial charge is 0.352 e. The van der Waals surface area contributed by atoms with Gasteiger partial charge in [0.05, 0.1) is 0 Å². The Kier molecular flexibility index (Phi) is 4.83. The molecule has 1 aromatic heterocycles. The van der Waals surface area contributed by atoms with Gasteiger partial charge in [0.25, 0.3) is 5.91 Å². The second-order valence-electron chi connectivity index (χ2n) is 4.35. The van der Waals surface area contributed by atoms with Crippen LogP contribution < -0.4 is 16.6 Å². The van der Waals surface area contributed by atoms with E-state index in [0.29, 0.717) is 19.4 Å². The second kappa shape index (κ2) is 6.80. The number of hydrogen-bond acceptors (Lipinski definition) is 4. The quantitative estimate of drug-likeness (QED) is 0.367. The highest BCUT2D eigenvalue weighted by Gasteiger charge is 2.14. The average Bonchev–Trinajstić information content (AvgIpc) is 2.96. The monoisotopic (exact) mass is 295 g/mol. The van der Waals surface area contributed by atoms with Crippen molar-refractivity contribution in [2.75, 3.05) is 12.0 Å². The maximum absolute atomic E-state index is 13.5. The van der Waals surface area contributed by atoms with Gasteiger partial charge in [0.1, 0.15) is 11.5 Å². The van der Waals surface area contributed by atoms with Crippen molar-refractivity contribution >= 4 is 11.6 Å². The summed E-state index contributed by atoms with van der Waals surface area (Å²) >= 11 is 0. The molecule has 5 N–H and O–H groups in total. The number of carbonyl (C=O) groups excluding carboxylic acids is 1. The normalized spacial score (nSPS) is 10.4. The lowest BCUT2D eigenvalue weighted by atomic mass is 10.1. The molecule has 1 aromatic carbocycles. The molecule has 0 fully saturated rings. The maximum Gasteiger partial charge on any atom is 0.251 e. The number of nitrogen functional groups attached to an aromatic ring is 1. The predicted molar refractivity (Wildman–Crippen MR) is 73.4 cm³/mol. The lowest BCUT2D eigenvalue weighted by molar-refractivity contribution is 0.0952. The summed E-state index contributed by atoms with van der Waals surface area (Å²) in [6, 6.07) is 1.86. The van der Waals surface area contributed by atoms with Gasteiger partial charge in [0.15, 0.2) is 11.6 Å². The van der Waals surface area contributed by atoms with E-state index in [9.17, 15) is 13.6 Å². The van der Waals surface area contributed by atoms with E-state index in [2.05, 4.69) is 15.3 Å². The van der Waals surface area contributed by atoms with E-state index < -0.39 is 23.2 Å². The van der Waals surface area contributed by atoms with Crippen molar-refractivity contribution in [1.29, 1.82) is 0 Å². The van der Waals surface area contributed by atoms with Gasteiger partial charge in [-0.3, -0.25) is 10.6 Å². The number of aromatic nitrogens is 2. The number of carbonyl (C=O) groups is 1. The van der Waals surface area contributed by atoms with Gasteiger partial charge in [-0.1, -0.05) is 0 Å². The molecule has 0 aliphatic heterocycles. The number of hydrazine groups is 1. The first-order chi connectivity index (χ1) is 10.1. The van der Waals surface area contributed by atoms with Gasteiger partial charge in [0.2, 0.25) is 0 Å². The third-order valence-electron chi connectivity index (χ3n) is 2.88. The molecular weight excluding hydrogens is 280 g/mol. The highest BCUT2D eigenvalue weighted by atomic mass is 19.1. The van der Waals surface area contributed by atoms with Gasteiger partial charge in [-0.15, -0.1) is 0 Å². The minimum Gasteiger partial charge on any atom is -0.352 e. The Morgan fingerprint density at radius 1 is 1.33 bits per heavy atom. The number of imidazole rings is 1. The zero-order valence-corrected chi connectivity index (χ0v) is 11.1. The minimum atomic E-state index is -0.918. The fraction of sp³-hybridized carbons (Fsp3) is 0.231. The van der Waals surface area contributed by atoms with Crippen molar-refractivity contribution in [2.24, 2.45) is 5.84 Å². The lowest BCUT2D eigenvalue weighted by Crippen LogP contribution is -2.25. The number of hydrogen-bond donors (Lipinski definition) is 4. The van der Waals surface area contributed by atoms with E-state index in [1.54, 1.807) is 12.4 Å². The number of nitrogens with one attached hydrogen (secondary N) is 3. The van der Waals surface area contributed by atoms with Crippen LogP contribution in [0.1, 0.15) is 22.6 Å². The number of nitrogens with two attached hydrogens (primary N) is 1. The highest BCUT2D eigenvalue weighted by molar-refractivity contribution is 5.94. The van der Waals surface area contributed by atoms with Crippen LogP contribution in [0.3, 0.4) is 0 Å². The van der Waals surface area contributed by atoms with E-state index in [4.69, 9.17) is 5.84 Å². The zero-order chi connectivity index (χ0) is 15.2. The number of halogens is 2. The number of anilines is 1. The average molecular weight is 295 g/mol. The van der Waals surface area contributed by atoms with Gasteiger partial charge >= 0.3 is 0 Å². The Balaban J connectivity index is 1.88. The summed E-state index contributed by atoms with van der Waals surface area (Å²) < 4.78 is 26.9. The Hall–Kier alpha value is -2.48. The fourth-order valence-corrected chi connectivity index (χ4v) is 1.84. The molecule has 0 atom stereocenters. The van der Waals surface area contributed by atoms with Gasteiger partial charge in [-0.05, 0) is 18.6 Å². The number of rotatable bonds is 6. The smallest absolute Gasteiger partial charge is 0.251 e. The molecule has 0 spiro atoms. The van der Waals surface area contributed by atoms with Crippen molar-refractivity contribution in [3.05, 3.63) is 47.5 Å². The van der Waals surface area contributed by atoms with Gasteiger partial charge < -0.3 is 15.7 Å². The first kappa shape index (κ1) is 14.9. The summed E-state index contributed by atoms with van der Waals surface area (Å²) in [6.07, 6.45) is 4.69. The third kappa shape index (κ3) is 3.76. The topological polar surface area (TPSA) is 95.8 Å². The van der Waals surface area contributed by atoms with Gasteiger partial charge in [0, 0.05) is 30.9 Å². The molecule has 0 unspecified atom stereocenters. The van der Waals surface area contributed by atoms with Gasteiger partial charge in [-0.25, -0.2) is 13.8 Å². The number of aromatic amines is 1. The molecule has 0 radical (unpaired) electrons. The predicted octanol–water partition coefficient (Wildman–Crippen LogP) is 1.34. The molecule has 0 saturated carbocycles. The standard InChI is InChI=1S/C13H15F2N5O/c14-9-6-8(7-10(15)12(9)20-16)13(21)19-3-1-2-11-17-4-5-18-11/h4-7,20H,1-3,16H2,(H,17,18)(H,19,21). The molecule has 2 aromatic rings. The van der Waals surface area contributed by atoms with E-state index in [0.717, 1.165) is 18.0 Å². The molecule has 1 heterocycles. The fourth-order valence-electron chi connectivity index (χ4n) is 1.84. The Bertz CT molecular complexity index is 592. The summed E-state index contributed by atoms with van der Waals surface area (Å²) in [5, 5.41) is 2.59. The van der Waals surface area contributed by atoms with Gasteiger partial charge in [-0.2, -0.15) is 0 Å². The van der Waals surface area contributed by atoms with Crippen LogP contribution in [-0.4, -0.2) is 22.4 Å². The summed E-state index contributed by atoms with van der Waals surface area (Å²) in [4.78, 5) is 18.8. The summed E-state index contributed by atoms with van der Waals surface area (Å²) in [7, 11) is 0. The van der Waals surface area contributed by atoms with Crippen molar-refractivity contribution < 1.29 is 13.6 Å². The van der Waals surface area contributed by atoms with Crippen molar-refractivity contribution in [3.8, 4) is 0 Å². The minimum absolute atomic E-state index is 0.0954. The first-order valence-corrected chi connectivity index (χ1v) is 6.34. The van der Waals surface area contributed by atoms with E-state index in [1.807, 2.05) is 5.43 Å². The lowest BCUT2D eigenvalue weighted by Gasteiger charge is -2.08. The summed E-state index contributed by atoms with van der Waals surface area (Å²) in [5.41, 5.74) is 1.34. The number of nitrogens with zero attached hydrogens (tertiary/aromatic N) is 1. The van der Waals surface area contributed by atoms with E-state index >= 15 is 0 Å². The third-order valence-corrected chi connectivity index (χ3v) is 2.88. The summed E-state index contributed by atoms with van der Waals surface area (Å²) in [5.74, 6) is 3.42. The van der Waals surface area contributed by atoms with Crippen LogP contribution in [0.5, 0.6) is 0 Å². The van der Waals surface area contributed by atoms with Crippen molar-refractivity contribution in [2.45, 2.75) is 12.8 Å². The Morgan fingerprint density at radius 2 is 2.05 bits per heavy atom. The number of aryl methyl sites for hydroxylation is 1. The second-order valence-corrected chi connectivity index (χ2v) is 4.35. The van der Waals surface area contributed by atoms with E-state index in [-0.39, 0.29) is 5.56 Å². The van der Waals surface area contributed by atoms with Crippen LogP contribution >= 0.6 is 0 Å². The molecule has 0 saturated heterocycles. The molecular formula is C13H15F2N5O. The molecule has 8 heteroatoms. The zero-order valence-electron chi connectivity index (χ0n) is 11.1. The molecule has 2 rings (SSSR count). The van der Waals surface area contributed by atoms with Crippen LogP contribution in [0, 0.1) is 11.6 Å². The molecule has 6 nitrogen and oxygen atoms in total. The molecule has 1 amide bonds. The van der Waals surface area contributed by atoms with Crippen LogP contribution in [0.2, 0.25) is 0 Å². The SMILES string of the molecule is NNc1c(F)cc(C(=O)NCCCc2ncc[nH]2)cc1F. The molecule has 0 bridgehead atoms. The molecule has 112 valence electrons. The summed E-state index contributed by atoms with van der Waals surface area (Å²) in [6.45, 7) is 0.375. The Labute approximate surface area is 119 Å². The number of amides is 1. The van der Waals surface area contributed by atoms with Crippen LogP contribution in [0.15, 0.2) is 24.5 Å². The number of benzene rings is 1.